The molecular weight excluding hydrogens is 278 g/mol. The highest BCUT2D eigenvalue weighted by atomic mass is 79.9. The summed E-state index contributed by atoms with van der Waals surface area (Å²) in [5.74, 6) is 0.164. The zero-order valence-corrected chi connectivity index (χ0v) is 12.5. The molecule has 0 aromatic heterocycles. The van der Waals surface area contributed by atoms with Crippen molar-refractivity contribution in [3.63, 3.8) is 0 Å². The van der Waals surface area contributed by atoms with Gasteiger partial charge in [0.05, 0.1) is 0 Å². The lowest BCUT2D eigenvalue weighted by atomic mass is 9.71. The molecule has 0 atom stereocenters. The van der Waals surface area contributed by atoms with E-state index in [0.29, 0.717) is 6.42 Å². The van der Waals surface area contributed by atoms with Gasteiger partial charge in [0.2, 0.25) is 0 Å². The number of carbonyl (C=O) groups is 1. The second-order valence-corrected chi connectivity index (χ2v) is 6.39. The van der Waals surface area contributed by atoms with Crippen LogP contribution in [0.4, 0.5) is 0 Å². The first kappa shape index (κ1) is 14.4. The van der Waals surface area contributed by atoms with E-state index in [4.69, 9.17) is 5.73 Å². The van der Waals surface area contributed by atoms with Gasteiger partial charge in [0.15, 0.2) is 0 Å². The molecule has 1 rings (SSSR count). The lowest BCUT2D eigenvalue weighted by molar-refractivity contribution is -0.129. The summed E-state index contributed by atoms with van der Waals surface area (Å²) in [6, 6.07) is 7.79. The average Bonchev–Trinajstić information content (AvgIpc) is 2.19. The van der Waals surface area contributed by atoms with Crippen LogP contribution in [0.3, 0.4) is 0 Å². The van der Waals surface area contributed by atoms with Gasteiger partial charge in [-0.2, -0.15) is 0 Å². The van der Waals surface area contributed by atoms with Crippen molar-refractivity contribution in [1.29, 1.82) is 0 Å². The Morgan fingerprint density at radius 3 is 2.24 bits per heavy atom. The van der Waals surface area contributed by atoms with Crippen molar-refractivity contribution >= 4 is 21.7 Å². The smallest absolute Gasteiger partial charge is 0.144 e. The third-order valence-electron chi connectivity index (χ3n) is 3.62. The number of carbonyl (C=O) groups excluding carboxylic acids is 1. The highest BCUT2D eigenvalue weighted by molar-refractivity contribution is 9.10. The zero-order chi connectivity index (χ0) is 13.3. The Balaban J connectivity index is 2.91. The quantitative estimate of drug-likeness (QED) is 0.926. The Morgan fingerprint density at radius 1 is 1.24 bits per heavy atom. The van der Waals surface area contributed by atoms with Crippen molar-refractivity contribution < 1.29 is 4.79 Å². The van der Waals surface area contributed by atoms with Crippen LogP contribution in [-0.2, 0) is 11.2 Å². The number of halogens is 1. The van der Waals surface area contributed by atoms with Gasteiger partial charge >= 0.3 is 0 Å². The van der Waals surface area contributed by atoms with Crippen LogP contribution in [0.15, 0.2) is 28.7 Å². The second kappa shape index (κ2) is 4.91. The van der Waals surface area contributed by atoms with E-state index in [1.54, 1.807) is 0 Å². The first-order valence-electron chi connectivity index (χ1n) is 5.72. The molecule has 0 saturated heterocycles. The number of hydrogen-bond donors (Lipinski definition) is 1. The maximum absolute atomic E-state index is 12.3. The van der Waals surface area contributed by atoms with E-state index in [-0.39, 0.29) is 5.78 Å². The van der Waals surface area contributed by atoms with Gasteiger partial charge in [0.25, 0.3) is 0 Å². The van der Waals surface area contributed by atoms with Crippen LogP contribution >= 0.6 is 15.9 Å². The van der Waals surface area contributed by atoms with Gasteiger partial charge in [-0.15, -0.1) is 0 Å². The maximum atomic E-state index is 12.3. The number of ketones is 1. The highest BCUT2D eigenvalue weighted by Crippen LogP contribution is 2.31. The molecule has 1 aromatic carbocycles. The molecule has 0 amide bonds. The van der Waals surface area contributed by atoms with Crippen LogP contribution in [0.2, 0.25) is 0 Å². The first-order chi connectivity index (χ1) is 7.66. The van der Waals surface area contributed by atoms with Gasteiger partial charge in [-0.3, -0.25) is 4.79 Å². The molecule has 0 bridgehead atoms. The normalized spacial score (nSPS) is 12.6. The number of benzene rings is 1. The first-order valence-corrected chi connectivity index (χ1v) is 6.51. The molecule has 17 heavy (non-hydrogen) atoms. The van der Waals surface area contributed by atoms with Gasteiger partial charge in [-0.1, -0.05) is 48.0 Å². The van der Waals surface area contributed by atoms with Gasteiger partial charge < -0.3 is 5.73 Å². The predicted octanol–water partition coefficient (Wildman–Crippen LogP) is 3.32. The van der Waals surface area contributed by atoms with Crippen LogP contribution in [-0.4, -0.2) is 11.3 Å². The highest BCUT2D eigenvalue weighted by Gasteiger charge is 2.39. The molecule has 0 radical (unpaired) electrons. The molecule has 0 saturated carbocycles. The summed E-state index contributed by atoms with van der Waals surface area (Å²) < 4.78 is 0.971. The average molecular weight is 298 g/mol. The van der Waals surface area contributed by atoms with Crippen LogP contribution in [0.25, 0.3) is 0 Å². The fourth-order valence-corrected chi connectivity index (χ4v) is 1.82. The summed E-state index contributed by atoms with van der Waals surface area (Å²) in [6.07, 6.45) is 0.412. The van der Waals surface area contributed by atoms with Gasteiger partial charge in [-0.05, 0) is 25.5 Å². The molecule has 0 aliphatic rings. The summed E-state index contributed by atoms with van der Waals surface area (Å²) in [5.41, 5.74) is 6.02. The van der Waals surface area contributed by atoms with Crippen molar-refractivity contribution in [2.75, 3.05) is 0 Å². The van der Waals surface area contributed by atoms with E-state index in [1.165, 1.54) is 0 Å². The van der Waals surface area contributed by atoms with E-state index in [2.05, 4.69) is 15.9 Å². The third kappa shape index (κ3) is 3.17. The minimum Gasteiger partial charge on any atom is -0.325 e. The molecule has 0 spiro atoms. The van der Waals surface area contributed by atoms with Crippen molar-refractivity contribution in [2.24, 2.45) is 11.1 Å². The number of nitrogens with two attached hydrogens (primary N) is 1. The van der Waals surface area contributed by atoms with Crippen LogP contribution in [0.1, 0.15) is 33.3 Å². The van der Waals surface area contributed by atoms with Crippen molar-refractivity contribution in [1.82, 2.24) is 0 Å². The summed E-state index contributed by atoms with van der Waals surface area (Å²) in [5, 5.41) is 0. The molecule has 94 valence electrons. The van der Waals surface area contributed by atoms with E-state index >= 15 is 0 Å². The molecule has 0 unspecified atom stereocenters. The third-order valence-corrected chi connectivity index (χ3v) is 4.39. The van der Waals surface area contributed by atoms with E-state index in [9.17, 15) is 4.79 Å². The molecule has 0 aliphatic carbocycles. The fraction of sp³-hybridized carbons (Fsp3) is 0.500. The molecule has 2 nitrogen and oxygen atoms in total. The van der Waals surface area contributed by atoms with Crippen molar-refractivity contribution in [2.45, 2.75) is 39.7 Å². The molecule has 3 heteroatoms. The van der Waals surface area contributed by atoms with E-state index in [1.807, 2.05) is 52.0 Å². The van der Waals surface area contributed by atoms with Gasteiger partial charge in [0.1, 0.15) is 5.78 Å². The lowest BCUT2D eigenvalue weighted by Gasteiger charge is -2.37. The Hall–Kier alpha value is -0.670. The fourth-order valence-electron chi connectivity index (χ4n) is 1.40. The van der Waals surface area contributed by atoms with Crippen LogP contribution in [0.5, 0.6) is 0 Å². The largest absolute Gasteiger partial charge is 0.325 e. The standard InChI is InChI=1S/C14H20BrNO/c1-13(2,14(3,4)16)12(17)9-10-7-5-6-8-11(10)15/h5-8H,9,16H2,1-4H3. The second-order valence-electron chi connectivity index (χ2n) is 5.54. The lowest BCUT2D eigenvalue weighted by Crippen LogP contribution is -2.52. The van der Waals surface area contributed by atoms with Gasteiger partial charge in [-0.25, -0.2) is 0 Å². The zero-order valence-electron chi connectivity index (χ0n) is 10.9. The van der Waals surface area contributed by atoms with Crippen molar-refractivity contribution in [3.05, 3.63) is 34.3 Å². The summed E-state index contributed by atoms with van der Waals surface area (Å²) >= 11 is 3.46. The Morgan fingerprint density at radius 2 is 1.76 bits per heavy atom. The number of rotatable bonds is 4. The predicted molar refractivity (Wildman–Crippen MR) is 74.9 cm³/mol. The molecular formula is C14H20BrNO. The van der Waals surface area contributed by atoms with Crippen LogP contribution in [0, 0.1) is 5.41 Å². The van der Waals surface area contributed by atoms with Gasteiger partial charge in [0, 0.05) is 21.8 Å². The van der Waals surface area contributed by atoms with E-state index in [0.717, 1.165) is 10.0 Å². The minimum atomic E-state index is -0.539. The summed E-state index contributed by atoms with van der Waals surface area (Å²) in [7, 11) is 0. The molecule has 0 aliphatic heterocycles. The Kier molecular flexibility index (Phi) is 4.15. The summed E-state index contributed by atoms with van der Waals surface area (Å²) in [6.45, 7) is 7.61. The monoisotopic (exact) mass is 297 g/mol. The molecule has 1 aromatic rings. The van der Waals surface area contributed by atoms with E-state index < -0.39 is 11.0 Å². The summed E-state index contributed by atoms with van der Waals surface area (Å²) in [4.78, 5) is 12.3. The molecule has 2 N–H and O–H groups in total. The number of Topliss-reactive ketones (excluding diaryl/α,β-unsaturated/α-hetero) is 1. The Bertz CT molecular complexity index is 418. The minimum absolute atomic E-state index is 0.164. The SMILES string of the molecule is CC(C)(N)C(C)(C)C(=O)Cc1ccccc1Br. The Labute approximate surface area is 112 Å². The maximum Gasteiger partial charge on any atom is 0.144 e. The molecule has 0 heterocycles. The van der Waals surface area contributed by atoms with Crippen molar-refractivity contribution in [3.8, 4) is 0 Å². The molecule has 0 fully saturated rings. The topological polar surface area (TPSA) is 43.1 Å². The number of hydrogen-bond acceptors (Lipinski definition) is 2. The van der Waals surface area contributed by atoms with Crippen LogP contribution < -0.4 is 5.73 Å².